The Morgan fingerprint density at radius 3 is 2.44 bits per heavy atom. The molecule has 0 fully saturated rings. The number of phenolic OH excluding ortho intramolecular Hbond substituents is 1. The highest BCUT2D eigenvalue weighted by Gasteiger charge is 2.24. The van der Waals surface area contributed by atoms with Gasteiger partial charge < -0.3 is 10.0 Å². The normalized spacial score (nSPS) is 12.9. The van der Waals surface area contributed by atoms with E-state index in [1.54, 1.807) is 0 Å². The summed E-state index contributed by atoms with van der Waals surface area (Å²) in [5.41, 5.74) is -0.288. The van der Waals surface area contributed by atoms with Crippen molar-refractivity contribution in [2.75, 3.05) is 20.6 Å². The van der Waals surface area contributed by atoms with Crippen LogP contribution in [0.2, 0.25) is 0 Å². The van der Waals surface area contributed by atoms with E-state index in [-0.39, 0.29) is 22.7 Å². The molecule has 1 rings (SSSR count). The number of phenols is 1. The fourth-order valence-electron chi connectivity index (χ4n) is 1.16. The van der Waals surface area contributed by atoms with E-state index in [1.807, 2.05) is 32.8 Å². The zero-order chi connectivity index (χ0) is 14.0. The molecule has 18 heavy (non-hydrogen) atoms. The zero-order valence-electron chi connectivity index (χ0n) is 11.1. The Kier molecular flexibility index (Phi) is 4.37. The zero-order valence-corrected chi connectivity index (χ0v) is 12.0. The topological polar surface area (TPSA) is 69.6 Å². The number of nitrogens with zero attached hydrogens (tertiary/aromatic N) is 1. The average molecular weight is 272 g/mol. The van der Waals surface area contributed by atoms with Crippen LogP contribution in [0.25, 0.3) is 0 Å². The Hall–Kier alpha value is -1.11. The minimum atomic E-state index is -3.59. The standard InChI is InChI=1S/C12H20N2O3S/c1-12(2,14(3)4)9-13-18(16,17)11-7-5-6-10(15)8-11/h5-8,13,15H,9H2,1-4H3. The highest BCUT2D eigenvalue weighted by atomic mass is 32.2. The van der Waals surface area contributed by atoms with Crippen molar-refractivity contribution in [2.45, 2.75) is 24.3 Å². The predicted molar refractivity (Wildman–Crippen MR) is 71.1 cm³/mol. The van der Waals surface area contributed by atoms with Gasteiger partial charge in [-0.3, -0.25) is 0 Å². The molecule has 1 aromatic rings. The first-order valence-electron chi connectivity index (χ1n) is 5.61. The van der Waals surface area contributed by atoms with Gasteiger partial charge in [-0.1, -0.05) is 6.07 Å². The molecule has 0 bridgehead atoms. The largest absolute Gasteiger partial charge is 0.508 e. The molecule has 0 radical (unpaired) electrons. The van der Waals surface area contributed by atoms with E-state index < -0.39 is 10.0 Å². The lowest BCUT2D eigenvalue weighted by Crippen LogP contribution is -2.48. The van der Waals surface area contributed by atoms with E-state index in [4.69, 9.17) is 0 Å². The predicted octanol–water partition coefficient (Wildman–Crippen LogP) is 1.01. The number of rotatable bonds is 5. The second-order valence-electron chi connectivity index (χ2n) is 5.03. The monoisotopic (exact) mass is 272 g/mol. The van der Waals surface area contributed by atoms with E-state index in [2.05, 4.69) is 4.72 Å². The molecular weight excluding hydrogens is 252 g/mol. The molecule has 0 unspecified atom stereocenters. The molecule has 2 N–H and O–H groups in total. The van der Waals surface area contributed by atoms with Crippen LogP contribution in [0.15, 0.2) is 29.2 Å². The van der Waals surface area contributed by atoms with Gasteiger partial charge in [-0.05, 0) is 46.1 Å². The maximum Gasteiger partial charge on any atom is 0.240 e. The Morgan fingerprint density at radius 2 is 1.94 bits per heavy atom. The lowest BCUT2D eigenvalue weighted by atomic mass is 10.1. The van der Waals surface area contributed by atoms with Gasteiger partial charge in [0.2, 0.25) is 10.0 Å². The van der Waals surface area contributed by atoms with Crippen molar-refractivity contribution in [1.29, 1.82) is 0 Å². The third kappa shape index (κ3) is 3.69. The van der Waals surface area contributed by atoms with Gasteiger partial charge in [-0.2, -0.15) is 0 Å². The van der Waals surface area contributed by atoms with Gasteiger partial charge in [0.25, 0.3) is 0 Å². The summed E-state index contributed by atoms with van der Waals surface area (Å²) in [4.78, 5) is 2.01. The number of nitrogens with one attached hydrogen (secondary N) is 1. The van der Waals surface area contributed by atoms with Gasteiger partial charge in [-0.15, -0.1) is 0 Å². The minimum Gasteiger partial charge on any atom is -0.508 e. The molecule has 1 aromatic carbocycles. The molecule has 0 spiro atoms. The molecular formula is C12H20N2O3S. The number of benzene rings is 1. The lowest BCUT2D eigenvalue weighted by molar-refractivity contribution is 0.199. The Labute approximate surface area is 108 Å². The van der Waals surface area contributed by atoms with E-state index >= 15 is 0 Å². The van der Waals surface area contributed by atoms with E-state index in [9.17, 15) is 13.5 Å². The maximum absolute atomic E-state index is 12.0. The van der Waals surface area contributed by atoms with Crippen LogP contribution in [0.1, 0.15) is 13.8 Å². The third-order valence-corrected chi connectivity index (χ3v) is 4.43. The first-order chi connectivity index (χ1) is 8.15. The van der Waals surface area contributed by atoms with Crippen LogP contribution in [0.4, 0.5) is 0 Å². The molecule has 0 aromatic heterocycles. The second-order valence-corrected chi connectivity index (χ2v) is 6.80. The third-order valence-electron chi connectivity index (χ3n) is 3.03. The van der Waals surface area contributed by atoms with Crippen molar-refractivity contribution < 1.29 is 13.5 Å². The Balaban J connectivity index is 2.84. The van der Waals surface area contributed by atoms with Crippen LogP contribution in [-0.4, -0.2) is 44.6 Å². The molecule has 5 nitrogen and oxygen atoms in total. The van der Waals surface area contributed by atoms with Crippen molar-refractivity contribution in [1.82, 2.24) is 9.62 Å². The summed E-state index contributed by atoms with van der Waals surface area (Å²) >= 11 is 0. The van der Waals surface area contributed by atoms with Gasteiger partial charge in [0.05, 0.1) is 4.90 Å². The fourth-order valence-corrected chi connectivity index (χ4v) is 2.41. The number of hydrogen-bond donors (Lipinski definition) is 2. The number of likely N-dealkylation sites (N-methyl/N-ethyl adjacent to an activating group) is 1. The second kappa shape index (κ2) is 5.26. The highest BCUT2D eigenvalue weighted by molar-refractivity contribution is 7.89. The molecule has 0 aliphatic rings. The number of aromatic hydroxyl groups is 1. The number of sulfonamides is 1. The van der Waals surface area contributed by atoms with Gasteiger partial charge in [0, 0.05) is 12.1 Å². The summed E-state index contributed by atoms with van der Waals surface area (Å²) in [5, 5.41) is 9.29. The van der Waals surface area contributed by atoms with E-state index in [0.29, 0.717) is 0 Å². The van der Waals surface area contributed by atoms with Crippen molar-refractivity contribution in [3.63, 3.8) is 0 Å². The van der Waals surface area contributed by atoms with Gasteiger partial charge in [0.1, 0.15) is 5.75 Å². The first-order valence-corrected chi connectivity index (χ1v) is 7.09. The molecule has 0 aliphatic carbocycles. The van der Waals surface area contributed by atoms with Crippen molar-refractivity contribution in [3.05, 3.63) is 24.3 Å². The maximum atomic E-state index is 12.0. The minimum absolute atomic E-state index is 0.0651. The van der Waals surface area contributed by atoms with Gasteiger partial charge >= 0.3 is 0 Å². The van der Waals surface area contributed by atoms with Crippen molar-refractivity contribution in [2.24, 2.45) is 0 Å². The Morgan fingerprint density at radius 1 is 1.33 bits per heavy atom. The van der Waals surface area contributed by atoms with Crippen LogP contribution < -0.4 is 4.72 Å². The van der Waals surface area contributed by atoms with Crippen molar-refractivity contribution >= 4 is 10.0 Å². The van der Waals surface area contributed by atoms with Crippen LogP contribution in [-0.2, 0) is 10.0 Å². The summed E-state index contributed by atoms with van der Waals surface area (Å²) in [6, 6.07) is 5.61. The molecule has 102 valence electrons. The van der Waals surface area contributed by atoms with Crippen LogP contribution in [0.5, 0.6) is 5.75 Å². The fraction of sp³-hybridized carbons (Fsp3) is 0.500. The molecule has 0 atom stereocenters. The molecule has 0 saturated carbocycles. The Bertz CT molecular complexity index is 510. The average Bonchev–Trinajstić information content (AvgIpc) is 2.26. The summed E-state index contributed by atoms with van der Waals surface area (Å²) in [6.07, 6.45) is 0. The van der Waals surface area contributed by atoms with Crippen LogP contribution in [0.3, 0.4) is 0 Å². The van der Waals surface area contributed by atoms with E-state index in [1.165, 1.54) is 24.3 Å². The molecule has 0 aliphatic heterocycles. The van der Waals surface area contributed by atoms with Crippen LogP contribution >= 0.6 is 0 Å². The van der Waals surface area contributed by atoms with Gasteiger partial charge in [-0.25, -0.2) is 13.1 Å². The first kappa shape index (κ1) is 14.9. The van der Waals surface area contributed by atoms with E-state index in [0.717, 1.165) is 0 Å². The molecule has 0 heterocycles. The SMILES string of the molecule is CN(C)C(C)(C)CNS(=O)(=O)c1cccc(O)c1. The van der Waals surface area contributed by atoms with Crippen molar-refractivity contribution in [3.8, 4) is 5.75 Å². The van der Waals surface area contributed by atoms with Gasteiger partial charge in [0.15, 0.2) is 0 Å². The quantitative estimate of drug-likeness (QED) is 0.839. The highest BCUT2D eigenvalue weighted by Crippen LogP contribution is 2.16. The van der Waals surface area contributed by atoms with Crippen LogP contribution in [0, 0.1) is 0 Å². The summed E-state index contributed by atoms with van der Waals surface area (Å²) < 4.78 is 26.6. The molecule has 6 heteroatoms. The summed E-state index contributed by atoms with van der Waals surface area (Å²) in [5.74, 6) is -0.0651. The number of hydrogen-bond acceptors (Lipinski definition) is 4. The molecule has 0 saturated heterocycles. The summed E-state index contributed by atoms with van der Waals surface area (Å²) in [6.45, 7) is 4.17. The summed E-state index contributed by atoms with van der Waals surface area (Å²) in [7, 11) is 0.197. The molecule has 0 amide bonds. The lowest BCUT2D eigenvalue weighted by Gasteiger charge is -2.32. The smallest absolute Gasteiger partial charge is 0.240 e.